The fourth-order valence-corrected chi connectivity index (χ4v) is 3.83. The maximum absolute atomic E-state index is 12.4. The largest absolute Gasteiger partial charge is 0.325 e. The fourth-order valence-electron chi connectivity index (χ4n) is 3.83. The van der Waals surface area contributed by atoms with E-state index in [1.54, 1.807) is 24.5 Å². The molecule has 5 heteroatoms. The lowest BCUT2D eigenvalue weighted by Crippen LogP contribution is -2.18. The first-order valence-corrected chi connectivity index (χ1v) is 8.38. The summed E-state index contributed by atoms with van der Waals surface area (Å²) < 4.78 is 0. The van der Waals surface area contributed by atoms with Crippen LogP contribution in [0.1, 0.15) is 47.5 Å². The van der Waals surface area contributed by atoms with Crippen LogP contribution in [0.3, 0.4) is 0 Å². The van der Waals surface area contributed by atoms with E-state index in [0.717, 1.165) is 24.1 Å². The first kappa shape index (κ1) is 14.9. The molecule has 1 unspecified atom stereocenters. The first-order valence-electron chi connectivity index (χ1n) is 8.38. The molecule has 1 aliphatic heterocycles. The van der Waals surface area contributed by atoms with Crippen LogP contribution in [0, 0.1) is 5.92 Å². The Morgan fingerprint density at radius 1 is 1.12 bits per heavy atom. The molecule has 122 valence electrons. The van der Waals surface area contributed by atoms with Gasteiger partial charge in [-0.2, -0.15) is 0 Å². The van der Waals surface area contributed by atoms with Gasteiger partial charge in [0.25, 0.3) is 5.91 Å². The summed E-state index contributed by atoms with van der Waals surface area (Å²) in [6.45, 7) is 0. The van der Waals surface area contributed by atoms with Crippen LogP contribution < -0.4 is 10.6 Å². The molecule has 24 heavy (non-hydrogen) atoms. The lowest BCUT2D eigenvalue weighted by Gasteiger charge is -2.16. The van der Waals surface area contributed by atoms with E-state index in [0.29, 0.717) is 17.2 Å². The number of rotatable bonds is 3. The Bertz CT molecular complexity index is 782. The van der Waals surface area contributed by atoms with Crippen molar-refractivity contribution in [3.8, 4) is 0 Å². The summed E-state index contributed by atoms with van der Waals surface area (Å²) in [5, 5.41) is 5.85. The van der Waals surface area contributed by atoms with Gasteiger partial charge in [-0.3, -0.25) is 14.6 Å². The van der Waals surface area contributed by atoms with E-state index in [1.165, 1.54) is 12.8 Å². The van der Waals surface area contributed by atoms with Gasteiger partial charge in [0.2, 0.25) is 5.91 Å². The van der Waals surface area contributed by atoms with Crippen molar-refractivity contribution in [2.24, 2.45) is 5.92 Å². The van der Waals surface area contributed by atoms with Crippen LogP contribution in [-0.4, -0.2) is 16.8 Å². The number of carbonyl (C=O) groups is 2. The molecule has 1 aromatic heterocycles. The molecule has 2 aromatic rings. The maximum Gasteiger partial charge on any atom is 0.255 e. The van der Waals surface area contributed by atoms with Crippen molar-refractivity contribution in [2.75, 3.05) is 10.6 Å². The van der Waals surface area contributed by atoms with Gasteiger partial charge >= 0.3 is 0 Å². The Morgan fingerprint density at radius 3 is 2.62 bits per heavy atom. The average Bonchev–Trinajstić information content (AvgIpc) is 3.21. The summed E-state index contributed by atoms with van der Waals surface area (Å²) in [5.41, 5.74) is 3.12. The molecule has 1 aliphatic carbocycles. The molecule has 0 spiro atoms. The van der Waals surface area contributed by atoms with Gasteiger partial charge in [0, 0.05) is 29.3 Å². The molecule has 1 aromatic carbocycles. The van der Waals surface area contributed by atoms with Crippen molar-refractivity contribution < 1.29 is 9.59 Å². The van der Waals surface area contributed by atoms with Gasteiger partial charge in [-0.1, -0.05) is 18.9 Å². The summed E-state index contributed by atoms with van der Waals surface area (Å²) >= 11 is 0. The van der Waals surface area contributed by atoms with Crippen molar-refractivity contribution in [1.29, 1.82) is 0 Å². The maximum atomic E-state index is 12.4. The Hall–Kier alpha value is -2.69. The van der Waals surface area contributed by atoms with Crippen molar-refractivity contribution >= 4 is 23.2 Å². The lowest BCUT2D eigenvalue weighted by molar-refractivity contribution is -0.118. The third-order valence-electron chi connectivity index (χ3n) is 5.00. The minimum absolute atomic E-state index is 0.0348. The third kappa shape index (κ3) is 2.66. The van der Waals surface area contributed by atoms with E-state index in [2.05, 4.69) is 15.6 Å². The Morgan fingerprint density at radius 2 is 1.88 bits per heavy atom. The van der Waals surface area contributed by atoms with E-state index in [4.69, 9.17) is 0 Å². The number of hydrogen-bond acceptors (Lipinski definition) is 3. The number of amides is 2. The lowest BCUT2D eigenvalue weighted by atomic mass is 9.86. The van der Waals surface area contributed by atoms with E-state index in [1.807, 2.05) is 18.2 Å². The van der Waals surface area contributed by atoms with E-state index < -0.39 is 0 Å². The second-order valence-electron chi connectivity index (χ2n) is 6.50. The van der Waals surface area contributed by atoms with E-state index in [9.17, 15) is 9.59 Å². The average molecular weight is 321 g/mol. The molecular weight excluding hydrogens is 302 g/mol. The van der Waals surface area contributed by atoms with Gasteiger partial charge in [-0.15, -0.1) is 0 Å². The highest BCUT2D eigenvalue weighted by Crippen LogP contribution is 2.44. The van der Waals surface area contributed by atoms with Crippen LogP contribution in [0.5, 0.6) is 0 Å². The first-order chi connectivity index (χ1) is 11.7. The molecule has 4 rings (SSSR count). The summed E-state index contributed by atoms with van der Waals surface area (Å²) in [6.07, 6.45) is 7.85. The zero-order chi connectivity index (χ0) is 16.5. The van der Waals surface area contributed by atoms with Crippen LogP contribution in [0.4, 0.5) is 11.4 Å². The van der Waals surface area contributed by atoms with E-state index >= 15 is 0 Å². The molecule has 1 atom stereocenters. The number of hydrogen-bond donors (Lipinski definition) is 2. The number of pyridine rings is 1. The highest BCUT2D eigenvalue weighted by Gasteiger charge is 2.37. The van der Waals surface area contributed by atoms with Crippen molar-refractivity contribution in [3.63, 3.8) is 0 Å². The Labute approximate surface area is 140 Å². The smallest absolute Gasteiger partial charge is 0.255 e. The topological polar surface area (TPSA) is 71.1 Å². The predicted molar refractivity (Wildman–Crippen MR) is 92.0 cm³/mol. The van der Waals surface area contributed by atoms with Gasteiger partial charge in [0.15, 0.2) is 0 Å². The summed E-state index contributed by atoms with van der Waals surface area (Å²) in [4.78, 5) is 28.5. The zero-order valence-corrected chi connectivity index (χ0v) is 13.3. The molecule has 5 nitrogen and oxygen atoms in total. The van der Waals surface area contributed by atoms with Crippen molar-refractivity contribution in [1.82, 2.24) is 4.98 Å². The number of carbonyl (C=O) groups excluding carboxylic acids is 2. The van der Waals surface area contributed by atoms with Crippen LogP contribution in [0.15, 0.2) is 42.7 Å². The van der Waals surface area contributed by atoms with E-state index in [-0.39, 0.29) is 17.7 Å². The van der Waals surface area contributed by atoms with Gasteiger partial charge in [0.1, 0.15) is 0 Å². The molecule has 2 aliphatic rings. The number of anilines is 2. The fraction of sp³-hybridized carbons (Fsp3) is 0.316. The van der Waals surface area contributed by atoms with Crippen LogP contribution in [-0.2, 0) is 4.79 Å². The van der Waals surface area contributed by atoms with Crippen LogP contribution in [0.25, 0.3) is 0 Å². The van der Waals surface area contributed by atoms with Crippen LogP contribution in [0.2, 0.25) is 0 Å². The molecule has 2 N–H and O–H groups in total. The number of fused-ring (bicyclic) bond motifs is 1. The monoisotopic (exact) mass is 321 g/mol. The summed E-state index contributed by atoms with van der Waals surface area (Å²) in [5.74, 6) is 0.319. The Balaban J connectivity index is 1.55. The molecule has 2 amide bonds. The molecule has 0 bridgehead atoms. The molecule has 1 saturated carbocycles. The highest BCUT2D eigenvalue weighted by molar-refractivity contribution is 6.06. The predicted octanol–water partition coefficient (Wildman–Crippen LogP) is 3.56. The molecule has 2 heterocycles. The normalized spacial score (nSPS) is 19.8. The molecule has 1 fully saturated rings. The number of nitrogens with one attached hydrogen (secondary N) is 2. The second kappa shape index (κ2) is 6.07. The third-order valence-corrected chi connectivity index (χ3v) is 5.00. The minimum Gasteiger partial charge on any atom is -0.325 e. The summed E-state index contributed by atoms with van der Waals surface area (Å²) in [7, 11) is 0. The highest BCUT2D eigenvalue weighted by atomic mass is 16.2. The van der Waals surface area contributed by atoms with Crippen molar-refractivity contribution in [3.05, 3.63) is 53.9 Å². The number of aromatic nitrogens is 1. The SMILES string of the molecule is O=C(Nc1ccc2c(c1)NC(=O)C2C1CCCC1)c1ccncc1. The van der Waals surface area contributed by atoms with Crippen molar-refractivity contribution in [2.45, 2.75) is 31.6 Å². The van der Waals surface area contributed by atoms with Gasteiger partial charge in [-0.25, -0.2) is 0 Å². The molecule has 0 saturated heterocycles. The quantitative estimate of drug-likeness (QED) is 0.908. The van der Waals surface area contributed by atoms with Gasteiger partial charge < -0.3 is 10.6 Å². The minimum atomic E-state index is -0.186. The second-order valence-corrected chi connectivity index (χ2v) is 6.50. The Kier molecular flexibility index (Phi) is 3.76. The number of benzene rings is 1. The summed E-state index contributed by atoms with van der Waals surface area (Å²) in [6, 6.07) is 9.03. The number of nitrogens with zero attached hydrogens (tertiary/aromatic N) is 1. The zero-order valence-electron chi connectivity index (χ0n) is 13.3. The molecule has 0 radical (unpaired) electrons. The molecular formula is C19H19N3O2. The van der Waals surface area contributed by atoms with Gasteiger partial charge in [0.05, 0.1) is 5.92 Å². The van der Waals surface area contributed by atoms with Crippen LogP contribution >= 0.6 is 0 Å². The standard InChI is InChI=1S/C19H19N3O2/c23-18(13-7-9-20-10-8-13)21-14-5-6-15-16(11-14)22-19(24)17(15)12-3-1-2-4-12/h5-12,17H,1-4H2,(H,21,23)(H,22,24). The van der Waals surface area contributed by atoms with Gasteiger partial charge in [-0.05, 0) is 48.6 Å².